The van der Waals surface area contributed by atoms with Crippen molar-refractivity contribution >= 4 is 11.9 Å². The maximum atomic E-state index is 13.6. The molecule has 0 bridgehead atoms. The molecular formula is C16H13F5N2O3. The van der Waals surface area contributed by atoms with Gasteiger partial charge in [-0.25, -0.2) is 22.0 Å². The van der Waals surface area contributed by atoms with Gasteiger partial charge in [-0.1, -0.05) is 0 Å². The van der Waals surface area contributed by atoms with Crippen molar-refractivity contribution in [2.45, 2.75) is 0 Å². The van der Waals surface area contributed by atoms with E-state index in [0.717, 1.165) is 6.21 Å². The van der Waals surface area contributed by atoms with Crippen molar-refractivity contribution in [1.82, 2.24) is 0 Å². The molecule has 0 amide bonds. The molecule has 2 aromatic carbocycles. The third-order valence-corrected chi connectivity index (χ3v) is 3.32. The first-order valence-electron chi connectivity index (χ1n) is 6.96. The summed E-state index contributed by atoms with van der Waals surface area (Å²) in [6.07, 6.45) is 1.05. The van der Waals surface area contributed by atoms with Gasteiger partial charge in [-0.15, -0.1) is 0 Å². The zero-order valence-electron chi connectivity index (χ0n) is 13.8. The lowest BCUT2D eigenvalue weighted by atomic mass is 10.2. The molecule has 0 heterocycles. The Morgan fingerprint density at radius 1 is 0.769 bits per heavy atom. The fourth-order valence-corrected chi connectivity index (χ4v) is 2.10. The van der Waals surface area contributed by atoms with Gasteiger partial charge in [0.15, 0.2) is 34.8 Å². The van der Waals surface area contributed by atoms with Crippen LogP contribution in [0.3, 0.4) is 0 Å². The molecule has 0 fully saturated rings. The molecule has 0 saturated carbocycles. The van der Waals surface area contributed by atoms with Crippen LogP contribution in [0.5, 0.6) is 17.2 Å². The number of halogens is 5. The van der Waals surface area contributed by atoms with E-state index < -0.39 is 34.8 Å². The molecule has 26 heavy (non-hydrogen) atoms. The van der Waals surface area contributed by atoms with Gasteiger partial charge >= 0.3 is 0 Å². The van der Waals surface area contributed by atoms with Crippen molar-refractivity contribution in [3.8, 4) is 17.2 Å². The highest BCUT2D eigenvalue weighted by Gasteiger charge is 2.25. The molecule has 0 saturated heterocycles. The molecule has 0 aliphatic rings. The standard InChI is InChI=1S/C16H13F5N2O3/c1-24-8-5-4-7(15(25-2)16(8)26-3)6-22-23-14-12(20)10(18)9(17)11(19)13(14)21/h4-6,23H,1-3H3/b22-6-. The Morgan fingerprint density at radius 2 is 1.31 bits per heavy atom. The molecule has 0 spiro atoms. The van der Waals surface area contributed by atoms with E-state index in [9.17, 15) is 22.0 Å². The molecule has 0 aromatic heterocycles. The smallest absolute Gasteiger partial charge is 0.203 e. The topological polar surface area (TPSA) is 52.1 Å². The Kier molecular flexibility index (Phi) is 5.86. The van der Waals surface area contributed by atoms with E-state index in [0.29, 0.717) is 11.3 Å². The van der Waals surface area contributed by atoms with Gasteiger partial charge in [0.05, 0.1) is 27.5 Å². The third kappa shape index (κ3) is 3.35. The summed E-state index contributed by atoms with van der Waals surface area (Å²) in [6, 6.07) is 3.00. The lowest BCUT2D eigenvalue weighted by molar-refractivity contribution is 0.324. The minimum atomic E-state index is -2.25. The molecule has 10 heteroatoms. The summed E-state index contributed by atoms with van der Waals surface area (Å²) in [5.74, 6) is -9.69. The highest BCUT2D eigenvalue weighted by Crippen LogP contribution is 2.39. The molecular weight excluding hydrogens is 363 g/mol. The lowest BCUT2D eigenvalue weighted by Crippen LogP contribution is -2.07. The van der Waals surface area contributed by atoms with E-state index in [4.69, 9.17) is 14.2 Å². The van der Waals surface area contributed by atoms with Crippen molar-refractivity contribution in [2.75, 3.05) is 26.8 Å². The molecule has 2 rings (SSSR count). The summed E-state index contributed by atoms with van der Waals surface area (Å²) in [5.41, 5.74) is 0.814. The van der Waals surface area contributed by atoms with Crippen LogP contribution in [0.2, 0.25) is 0 Å². The quantitative estimate of drug-likeness (QED) is 0.274. The van der Waals surface area contributed by atoms with Gasteiger partial charge in [0, 0.05) is 5.56 Å². The SMILES string of the molecule is COc1ccc(/C=N\Nc2c(F)c(F)c(F)c(F)c2F)c(OC)c1OC. The third-order valence-electron chi connectivity index (χ3n) is 3.32. The number of benzene rings is 2. The number of anilines is 1. The second kappa shape index (κ2) is 7.89. The molecule has 5 nitrogen and oxygen atoms in total. The van der Waals surface area contributed by atoms with Crippen LogP contribution >= 0.6 is 0 Å². The minimum Gasteiger partial charge on any atom is -0.493 e. The van der Waals surface area contributed by atoms with Crippen molar-refractivity contribution in [1.29, 1.82) is 0 Å². The van der Waals surface area contributed by atoms with Crippen molar-refractivity contribution in [3.63, 3.8) is 0 Å². The summed E-state index contributed by atoms with van der Waals surface area (Å²) in [6.45, 7) is 0. The van der Waals surface area contributed by atoms with Crippen LogP contribution in [-0.2, 0) is 0 Å². The summed E-state index contributed by atoms with van der Waals surface area (Å²) < 4.78 is 81.9. The predicted octanol–water partition coefficient (Wildman–Crippen LogP) is 3.85. The zero-order valence-corrected chi connectivity index (χ0v) is 13.8. The molecule has 0 radical (unpaired) electrons. The maximum absolute atomic E-state index is 13.6. The molecule has 2 aromatic rings. The maximum Gasteiger partial charge on any atom is 0.203 e. The van der Waals surface area contributed by atoms with E-state index in [1.165, 1.54) is 33.5 Å². The first-order chi connectivity index (χ1) is 12.4. The van der Waals surface area contributed by atoms with Crippen LogP contribution < -0.4 is 19.6 Å². The normalized spacial score (nSPS) is 10.9. The molecule has 0 atom stereocenters. The van der Waals surface area contributed by atoms with Crippen LogP contribution in [0, 0.1) is 29.1 Å². The van der Waals surface area contributed by atoms with Crippen molar-refractivity contribution in [3.05, 3.63) is 46.8 Å². The van der Waals surface area contributed by atoms with Crippen LogP contribution in [0.4, 0.5) is 27.6 Å². The number of hydrogen-bond acceptors (Lipinski definition) is 5. The van der Waals surface area contributed by atoms with Gasteiger partial charge in [0.2, 0.25) is 11.6 Å². The Labute approximate surface area is 145 Å². The molecule has 0 unspecified atom stereocenters. The minimum absolute atomic E-state index is 0.190. The largest absolute Gasteiger partial charge is 0.493 e. The van der Waals surface area contributed by atoms with E-state index in [1.807, 2.05) is 0 Å². The lowest BCUT2D eigenvalue weighted by Gasteiger charge is -2.13. The van der Waals surface area contributed by atoms with Crippen molar-refractivity contribution < 1.29 is 36.2 Å². The molecule has 0 aliphatic carbocycles. The number of ether oxygens (including phenoxy) is 3. The molecule has 0 aliphatic heterocycles. The number of rotatable bonds is 6. The van der Waals surface area contributed by atoms with Gasteiger partial charge in [-0.05, 0) is 12.1 Å². The second-order valence-electron chi connectivity index (χ2n) is 4.74. The number of hydrazone groups is 1. The number of nitrogens with zero attached hydrogens (tertiary/aromatic N) is 1. The average Bonchev–Trinajstić information content (AvgIpc) is 2.66. The fourth-order valence-electron chi connectivity index (χ4n) is 2.10. The first-order valence-corrected chi connectivity index (χ1v) is 6.96. The predicted molar refractivity (Wildman–Crippen MR) is 83.5 cm³/mol. The second-order valence-corrected chi connectivity index (χ2v) is 4.74. The van der Waals surface area contributed by atoms with Gasteiger partial charge in [0.25, 0.3) is 0 Å². The van der Waals surface area contributed by atoms with Gasteiger partial charge in [-0.3, -0.25) is 5.43 Å². The van der Waals surface area contributed by atoms with E-state index >= 15 is 0 Å². The van der Waals surface area contributed by atoms with E-state index in [1.54, 1.807) is 5.43 Å². The zero-order chi connectivity index (χ0) is 19.4. The Bertz CT molecular complexity index is 830. The summed E-state index contributed by atoms with van der Waals surface area (Å²) >= 11 is 0. The van der Waals surface area contributed by atoms with Gasteiger partial charge in [0.1, 0.15) is 5.69 Å². The Hall–Kier alpha value is -3.04. The number of nitrogens with one attached hydrogen (secondary N) is 1. The summed E-state index contributed by atoms with van der Waals surface area (Å²) in [4.78, 5) is 0. The molecule has 1 N–H and O–H groups in total. The van der Waals surface area contributed by atoms with E-state index in [-0.39, 0.29) is 11.5 Å². The number of hydrogen-bond donors (Lipinski definition) is 1. The first kappa shape index (κ1) is 19.3. The average molecular weight is 376 g/mol. The Balaban J connectivity index is 2.39. The van der Waals surface area contributed by atoms with Crippen LogP contribution in [-0.4, -0.2) is 27.5 Å². The van der Waals surface area contributed by atoms with Crippen molar-refractivity contribution in [2.24, 2.45) is 5.10 Å². The van der Waals surface area contributed by atoms with Crippen LogP contribution in [0.15, 0.2) is 17.2 Å². The fraction of sp³-hybridized carbons (Fsp3) is 0.188. The van der Waals surface area contributed by atoms with Gasteiger partial charge < -0.3 is 14.2 Å². The van der Waals surface area contributed by atoms with E-state index in [2.05, 4.69) is 5.10 Å². The van der Waals surface area contributed by atoms with Crippen LogP contribution in [0.25, 0.3) is 0 Å². The summed E-state index contributed by atoms with van der Waals surface area (Å²) in [5, 5.41) is 3.50. The number of methoxy groups -OCH3 is 3. The van der Waals surface area contributed by atoms with Crippen LogP contribution in [0.1, 0.15) is 5.56 Å². The summed E-state index contributed by atoms with van der Waals surface area (Å²) in [7, 11) is 4.12. The molecule has 140 valence electrons. The Morgan fingerprint density at radius 3 is 1.81 bits per heavy atom. The highest BCUT2D eigenvalue weighted by atomic mass is 19.2. The monoisotopic (exact) mass is 376 g/mol. The van der Waals surface area contributed by atoms with Gasteiger partial charge in [-0.2, -0.15) is 5.10 Å². The highest BCUT2D eigenvalue weighted by molar-refractivity contribution is 5.86.